The molecule has 1 aliphatic heterocycles. The minimum atomic E-state index is -1.01. The van der Waals surface area contributed by atoms with E-state index < -0.39 is 29.2 Å². The SMILES string of the molecule is CC1(C)Cc2cc(F)cc(-c3cc(F)c(OCCCC(=O)O)c(F)c3)c2N1. The summed E-state index contributed by atoms with van der Waals surface area (Å²) in [7, 11) is 0. The first-order valence-corrected chi connectivity index (χ1v) is 8.61. The van der Waals surface area contributed by atoms with Crippen LogP contribution < -0.4 is 10.1 Å². The molecule has 0 saturated carbocycles. The van der Waals surface area contributed by atoms with Crippen LogP contribution >= 0.6 is 0 Å². The van der Waals surface area contributed by atoms with Crippen LogP contribution in [0, 0.1) is 17.5 Å². The van der Waals surface area contributed by atoms with E-state index in [1.807, 2.05) is 13.8 Å². The van der Waals surface area contributed by atoms with Crippen LogP contribution in [0.5, 0.6) is 5.75 Å². The number of rotatable bonds is 6. The van der Waals surface area contributed by atoms with E-state index in [-0.39, 0.29) is 30.6 Å². The maximum atomic E-state index is 14.4. The molecule has 0 unspecified atom stereocenters. The fraction of sp³-hybridized carbons (Fsp3) is 0.350. The van der Waals surface area contributed by atoms with E-state index >= 15 is 0 Å². The molecule has 0 saturated heterocycles. The number of anilines is 1. The lowest BCUT2D eigenvalue weighted by Gasteiger charge is -2.19. The molecule has 0 radical (unpaired) electrons. The fourth-order valence-corrected chi connectivity index (χ4v) is 3.29. The highest BCUT2D eigenvalue weighted by atomic mass is 19.1. The molecule has 0 spiro atoms. The van der Waals surface area contributed by atoms with E-state index in [2.05, 4.69) is 5.32 Å². The molecule has 1 heterocycles. The van der Waals surface area contributed by atoms with Crippen molar-refractivity contribution in [3.8, 4) is 16.9 Å². The van der Waals surface area contributed by atoms with Gasteiger partial charge in [0.2, 0.25) is 0 Å². The summed E-state index contributed by atoms with van der Waals surface area (Å²) in [5.41, 5.74) is 1.71. The summed E-state index contributed by atoms with van der Waals surface area (Å²) in [4.78, 5) is 10.5. The average Bonchev–Trinajstić information content (AvgIpc) is 2.85. The summed E-state index contributed by atoms with van der Waals surface area (Å²) in [5.74, 6) is -3.89. The summed E-state index contributed by atoms with van der Waals surface area (Å²) >= 11 is 0. The number of aliphatic carboxylic acids is 1. The minimum absolute atomic E-state index is 0.120. The third kappa shape index (κ3) is 4.18. The van der Waals surface area contributed by atoms with Gasteiger partial charge in [0.25, 0.3) is 0 Å². The van der Waals surface area contributed by atoms with Crippen LogP contribution in [0.1, 0.15) is 32.3 Å². The van der Waals surface area contributed by atoms with Crippen molar-refractivity contribution < 1.29 is 27.8 Å². The van der Waals surface area contributed by atoms with Gasteiger partial charge in [0, 0.05) is 23.2 Å². The Kier molecular flexibility index (Phi) is 5.04. The normalized spacial score (nSPS) is 14.6. The molecule has 0 atom stereocenters. The van der Waals surface area contributed by atoms with Crippen molar-refractivity contribution in [2.75, 3.05) is 11.9 Å². The number of hydrogen-bond acceptors (Lipinski definition) is 3. The molecular formula is C20H20F3NO3. The van der Waals surface area contributed by atoms with Crippen molar-refractivity contribution in [1.82, 2.24) is 0 Å². The number of halogens is 3. The molecule has 2 aromatic carbocycles. The molecule has 3 rings (SSSR count). The Morgan fingerprint density at radius 2 is 1.85 bits per heavy atom. The molecule has 2 aromatic rings. The monoisotopic (exact) mass is 379 g/mol. The van der Waals surface area contributed by atoms with Gasteiger partial charge in [-0.15, -0.1) is 0 Å². The standard InChI is InChI=1S/C20H20F3NO3/c1-20(2)10-12-6-13(21)9-14(18(12)24-20)11-7-15(22)19(16(23)8-11)27-5-3-4-17(25)26/h6-9,24H,3-5,10H2,1-2H3,(H,25,26). The van der Waals surface area contributed by atoms with Crippen LogP contribution in [0.4, 0.5) is 18.9 Å². The lowest BCUT2D eigenvalue weighted by molar-refractivity contribution is -0.137. The molecule has 0 amide bonds. The Morgan fingerprint density at radius 1 is 1.19 bits per heavy atom. The van der Waals surface area contributed by atoms with Gasteiger partial charge in [-0.25, -0.2) is 13.2 Å². The molecule has 2 N–H and O–H groups in total. The zero-order chi connectivity index (χ0) is 19.8. The van der Waals surface area contributed by atoms with Gasteiger partial charge in [-0.3, -0.25) is 4.79 Å². The number of benzene rings is 2. The number of nitrogens with one attached hydrogen (secondary N) is 1. The van der Waals surface area contributed by atoms with E-state index in [0.717, 1.165) is 17.7 Å². The number of carboxylic acid groups (broad SMARTS) is 1. The van der Waals surface area contributed by atoms with Gasteiger partial charge in [0.05, 0.1) is 6.61 Å². The zero-order valence-electron chi connectivity index (χ0n) is 15.0. The van der Waals surface area contributed by atoms with Gasteiger partial charge in [-0.1, -0.05) is 0 Å². The second-order valence-electron chi connectivity index (χ2n) is 7.29. The van der Waals surface area contributed by atoms with Crippen LogP contribution in [-0.4, -0.2) is 23.2 Å². The zero-order valence-corrected chi connectivity index (χ0v) is 15.0. The van der Waals surface area contributed by atoms with E-state index in [4.69, 9.17) is 9.84 Å². The first kappa shape index (κ1) is 19.1. The van der Waals surface area contributed by atoms with Gasteiger partial charge < -0.3 is 15.2 Å². The number of carbonyl (C=O) groups is 1. The number of ether oxygens (including phenoxy) is 1. The molecule has 4 nitrogen and oxygen atoms in total. The minimum Gasteiger partial charge on any atom is -0.488 e. The molecule has 0 aromatic heterocycles. The third-order valence-electron chi connectivity index (χ3n) is 4.37. The molecule has 0 aliphatic carbocycles. The quantitative estimate of drug-likeness (QED) is 0.711. The number of hydrogen-bond donors (Lipinski definition) is 2. The second-order valence-corrected chi connectivity index (χ2v) is 7.29. The maximum absolute atomic E-state index is 14.4. The number of carboxylic acids is 1. The summed E-state index contributed by atoms with van der Waals surface area (Å²) in [5, 5.41) is 11.9. The van der Waals surface area contributed by atoms with Gasteiger partial charge in [-0.05, 0) is 62.1 Å². The summed E-state index contributed by atoms with van der Waals surface area (Å²) < 4.78 is 47.9. The Bertz CT molecular complexity index is 873. The molecule has 27 heavy (non-hydrogen) atoms. The van der Waals surface area contributed by atoms with E-state index in [9.17, 15) is 18.0 Å². The van der Waals surface area contributed by atoms with Crippen LogP contribution in [0.25, 0.3) is 11.1 Å². The van der Waals surface area contributed by atoms with E-state index in [1.54, 1.807) is 0 Å². The highest BCUT2D eigenvalue weighted by Crippen LogP contribution is 2.41. The van der Waals surface area contributed by atoms with Crippen molar-refractivity contribution in [1.29, 1.82) is 0 Å². The van der Waals surface area contributed by atoms with Crippen molar-refractivity contribution >= 4 is 11.7 Å². The predicted molar refractivity (Wildman–Crippen MR) is 95.5 cm³/mol. The Labute approximate surface area is 155 Å². The Morgan fingerprint density at radius 3 is 2.48 bits per heavy atom. The molecule has 0 fully saturated rings. The van der Waals surface area contributed by atoms with Crippen molar-refractivity contribution in [2.24, 2.45) is 0 Å². The largest absolute Gasteiger partial charge is 0.488 e. The van der Waals surface area contributed by atoms with E-state index in [1.165, 1.54) is 12.1 Å². The summed E-state index contributed by atoms with van der Waals surface area (Å²) in [6.07, 6.45) is 0.577. The molecule has 1 aliphatic rings. The Balaban J connectivity index is 1.90. The van der Waals surface area contributed by atoms with Crippen molar-refractivity contribution in [2.45, 2.75) is 38.6 Å². The first-order valence-electron chi connectivity index (χ1n) is 8.61. The van der Waals surface area contributed by atoms with Gasteiger partial charge in [-0.2, -0.15) is 0 Å². The Hall–Kier alpha value is -2.70. The molecule has 7 heteroatoms. The molecule has 144 valence electrons. The topological polar surface area (TPSA) is 58.6 Å². The van der Waals surface area contributed by atoms with Crippen LogP contribution in [0.2, 0.25) is 0 Å². The maximum Gasteiger partial charge on any atom is 0.303 e. The highest BCUT2D eigenvalue weighted by Gasteiger charge is 2.30. The van der Waals surface area contributed by atoms with Gasteiger partial charge in [0.15, 0.2) is 17.4 Å². The smallest absolute Gasteiger partial charge is 0.303 e. The van der Waals surface area contributed by atoms with Gasteiger partial charge >= 0.3 is 5.97 Å². The highest BCUT2D eigenvalue weighted by molar-refractivity contribution is 5.83. The molecule has 0 bridgehead atoms. The van der Waals surface area contributed by atoms with Gasteiger partial charge in [0.1, 0.15) is 5.82 Å². The predicted octanol–water partition coefficient (Wildman–Crippen LogP) is 4.76. The van der Waals surface area contributed by atoms with E-state index in [0.29, 0.717) is 17.7 Å². The van der Waals surface area contributed by atoms with Crippen LogP contribution in [0.15, 0.2) is 24.3 Å². The third-order valence-corrected chi connectivity index (χ3v) is 4.37. The number of fused-ring (bicyclic) bond motifs is 1. The first-order chi connectivity index (χ1) is 12.7. The average molecular weight is 379 g/mol. The lowest BCUT2D eigenvalue weighted by atomic mass is 9.97. The molecular weight excluding hydrogens is 359 g/mol. The summed E-state index contributed by atoms with van der Waals surface area (Å²) in [6, 6.07) is 4.86. The van der Waals surface area contributed by atoms with Crippen molar-refractivity contribution in [3.63, 3.8) is 0 Å². The van der Waals surface area contributed by atoms with Crippen LogP contribution in [0.3, 0.4) is 0 Å². The fourth-order valence-electron chi connectivity index (χ4n) is 3.29. The lowest BCUT2D eigenvalue weighted by Crippen LogP contribution is -2.27. The second kappa shape index (κ2) is 7.13. The summed E-state index contributed by atoms with van der Waals surface area (Å²) in [6.45, 7) is 3.80. The van der Waals surface area contributed by atoms with Crippen molar-refractivity contribution in [3.05, 3.63) is 47.3 Å². The van der Waals surface area contributed by atoms with Crippen LogP contribution in [-0.2, 0) is 11.2 Å².